The monoisotopic (exact) mass is 311 g/mol. The first-order valence-electron chi connectivity index (χ1n) is 5.48. The van der Waals surface area contributed by atoms with Gasteiger partial charge in [-0.25, -0.2) is 9.97 Å². The Hall–Kier alpha value is -0.940. The van der Waals surface area contributed by atoms with Gasteiger partial charge in [-0.15, -0.1) is 11.3 Å². The van der Waals surface area contributed by atoms with E-state index in [1.54, 1.807) is 11.3 Å². The second kappa shape index (κ2) is 5.60. The predicted molar refractivity (Wildman–Crippen MR) is 75.4 cm³/mol. The van der Waals surface area contributed by atoms with Gasteiger partial charge < -0.3 is 5.32 Å². The lowest BCUT2D eigenvalue weighted by atomic mass is 10.2. The highest BCUT2D eigenvalue weighted by Crippen LogP contribution is 2.27. The molecule has 0 aliphatic carbocycles. The van der Waals surface area contributed by atoms with E-state index in [1.807, 2.05) is 24.7 Å². The summed E-state index contributed by atoms with van der Waals surface area (Å²) in [6.07, 6.45) is 4.68. The minimum Gasteiger partial charge on any atom is -0.360 e. The summed E-state index contributed by atoms with van der Waals surface area (Å²) in [6.45, 7) is 4.17. The Kier molecular flexibility index (Phi) is 4.12. The predicted octanol–water partition coefficient (Wildman–Crippen LogP) is 4.17. The van der Waals surface area contributed by atoms with E-state index in [0.717, 1.165) is 27.3 Å². The smallest absolute Gasteiger partial charge is 0.140 e. The minimum absolute atomic E-state index is 0.224. The summed E-state index contributed by atoms with van der Waals surface area (Å²) in [4.78, 5) is 8.74. The van der Waals surface area contributed by atoms with E-state index in [-0.39, 0.29) is 6.04 Å². The van der Waals surface area contributed by atoms with Crippen LogP contribution in [0.3, 0.4) is 0 Å². The normalized spacial score (nSPS) is 12.4. The molecular formula is C12H14BrN3S. The lowest BCUT2D eigenvalue weighted by molar-refractivity contribution is 0.736. The Morgan fingerprint density at radius 3 is 2.88 bits per heavy atom. The lowest BCUT2D eigenvalue weighted by Crippen LogP contribution is -2.10. The first-order chi connectivity index (χ1) is 8.20. The molecule has 2 heterocycles. The summed E-state index contributed by atoms with van der Waals surface area (Å²) >= 11 is 5.19. The largest absolute Gasteiger partial charge is 0.360 e. The van der Waals surface area contributed by atoms with E-state index in [9.17, 15) is 0 Å². The summed E-state index contributed by atoms with van der Waals surface area (Å²) in [7, 11) is 0. The van der Waals surface area contributed by atoms with Crippen LogP contribution in [0.5, 0.6) is 0 Å². The van der Waals surface area contributed by atoms with Crippen molar-refractivity contribution in [2.45, 2.75) is 26.3 Å². The molecule has 2 aromatic heterocycles. The standard InChI is InChI=1S/C12H14BrN3S/c1-3-10(12-14-4-5-17-12)16-11-9(13)6-8(2)7-15-11/h4-7,10H,3H2,1-2H3,(H,15,16). The second-order valence-electron chi connectivity index (χ2n) is 3.82. The summed E-state index contributed by atoms with van der Waals surface area (Å²) in [6, 6.07) is 2.28. The second-order valence-corrected chi connectivity index (χ2v) is 5.60. The van der Waals surface area contributed by atoms with Gasteiger partial charge in [0.2, 0.25) is 0 Å². The number of nitrogens with zero attached hydrogens (tertiary/aromatic N) is 2. The van der Waals surface area contributed by atoms with Crippen molar-refractivity contribution in [3.63, 3.8) is 0 Å². The van der Waals surface area contributed by atoms with E-state index in [1.165, 1.54) is 0 Å². The number of anilines is 1. The molecule has 17 heavy (non-hydrogen) atoms. The van der Waals surface area contributed by atoms with Crippen LogP contribution in [-0.4, -0.2) is 9.97 Å². The van der Waals surface area contributed by atoms with Crippen molar-refractivity contribution in [1.29, 1.82) is 0 Å². The van der Waals surface area contributed by atoms with Crippen LogP contribution in [0.4, 0.5) is 5.82 Å². The van der Waals surface area contributed by atoms with Gasteiger partial charge in [-0.05, 0) is 40.9 Å². The first-order valence-corrected chi connectivity index (χ1v) is 7.16. The highest BCUT2D eigenvalue weighted by Gasteiger charge is 2.13. The molecule has 0 aromatic carbocycles. The summed E-state index contributed by atoms with van der Waals surface area (Å²) in [5, 5.41) is 6.51. The molecule has 90 valence electrons. The van der Waals surface area contributed by atoms with Crippen molar-refractivity contribution in [3.05, 3.63) is 38.9 Å². The quantitative estimate of drug-likeness (QED) is 0.920. The molecule has 1 N–H and O–H groups in total. The third kappa shape index (κ3) is 3.04. The van der Waals surface area contributed by atoms with Crippen LogP contribution in [0.25, 0.3) is 0 Å². The third-order valence-electron chi connectivity index (χ3n) is 2.45. The average molecular weight is 312 g/mol. The van der Waals surface area contributed by atoms with Crippen molar-refractivity contribution >= 4 is 33.1 Å². The average Bonchev–Trinajstić information content (AvgIpc) is 2.81. The number of aryl methyl sites for hydroxylation is 1. The molecule has 1 unspecified atom stereocenters. The highest BCUT2D eigenvalue weighted by molar-refractivity contribution is 9.10. The first kappa shape index (κ1) is 12.5. The Labute approximate surface area is 113 Å². The van der Waals surface area contributed by atoms with Crippen LogP contribution in [0, 0.1) is 6.92 Å². The number of pyridine rings is 1. The maximum Gasteiger partial charge on any atom is 0.140 e. The molecule has 2 aromatic rings. The van der Waals surface area contributed by atoms with Gasteiger partial charge in [-0.2, -0.15) is 0 Å². The number of halogens is 1. The molecule has 0 saturated heterocycles. The molecule has 0 aliphatic rings. The van der Waals surface area contributed by atoms with Crippen LogP contribution >= 0.6 is 27.3 Å². The van der Waals surface area contributed by atoms with Crippen molar-refractivity contribution < 1.29 is 0 Å². The van der Waals surface area contributed by atoms with Crippen LogP contribution < -0.4 is 5.32 Å². The van der Waals surface area contributed by atoms with Crippen LogP contribution in [-0.2, 0) is 0 Å². The summed E-state index contributed by atoms with van der Waals surface area (Å²) in [5.41, 5.74) is 1.14. The fraction of sp³-hybridized carbons (Fsp3) is 0.333. The maximum atomic E-state index is 4.39. The minimum atomic E-state index is 0.224. The lowest BCUT2D eigenvalue weighted by Gasteiger charge is -2.16. The topological polar surface area (TPSA) is 37.8 Å². The molecule has 2 rings (SSSR count). The fourth-order valence-corrected chi connectivity index (χ4v) is 2.90. The van der Waals surface area contributed by atoms with Gasteiger partial charge in [0.05, 0.1) is 10.5 Å². The summed E-state index contributed by atoms with van der Waals surface area (Å²) in [5.74, 6) is 0.873. The number of aromatic nitrogens is 2. The van der Waals surface area contributed by atoms with Gasteiger partial charge >= 0.3 is 0 Å². The number of thiazole rings is 1. The molecular weight excluding hydrogens is 298 g/mol. The van der Waals surface area contributed by atoms with E-state index < -0.39 is 0 Å². The molecule has 5 heteroatoms. The number of hydrogen-bond acceptors (Lipinski definition) is 4. The van der Waals surface area contributed by atoms with E-state index in [2.05, 4.69) is 44.2 Å². The van der Waals surface area contributed by atoms with Crippen LogP contribution in [0.1, 0.15) is 30.0 Å². The fourth-order valence-electron chi connectivity index (χ4n) is 1.55. The Balaban J connectivity index is 2.19. The zero-order valence-corrected chi connectivity index (χ0v) is 12.2. The molecule has 3 nitrogen and oxygen atoms in total. The van der Waals surface area contributed by atoms with Crippen molar-refractivity contribution in [2.75, 3.05) is 5.32 Å². The Morgan fingerprint density at radius 2 is 2.29 bits per heavy atom. The van der Waals surface area contributed by atoms with Gasteiger partial charge in [0.25, 0.3) is 0 Å². The van der Waals surface area contributed by atoms with Gasteiger partial charge in [0.1, 0.15) is 10.8 Å². The Morgan fingerprint density at radius 1 is 1.47 bits per heavy atom. The molecule has 0 fully saturated rings. The molecule has 0 bridgehead atoms. The van der Waals surface area contributed by atoms with Crippen LogP contribution in [0.15, 0.2) is 28.3 Å². The van der Waals surface area contributed by atoms with Crippen molar-refractivity contribution in [3.8, 4) is 0 Å². The zero-order chi connectivity index (χ0) is 12.3. The SMILES string of the molecule is CCC(Nc1ncc(C)cc1Br)c1nccs1. The molecule has 0 saturated carbocycles. The van der Waals surface area contributed by atoms with Gasteiger partial charge in [-0.1, -0.05) is 6.92 Å². The van der Waals surface area contributed by atoms with Gasteiger partial charge in [-0.3, -0.25) is 0 Å². The van der Waals surface area contributed by atoms with E-state index in [0.29, 0.717) is 0 Å². The van der Waals surface area contributed by atoms with Gasteiger partial charge in [0.15, 0.2) is 0 Å². The molecule has 0 aliphatic heterocycles. The van der Waals surface area contributed by atoms with Crippen LogP contribution in [0.2, 0.25) is 0 Å². The third-order valence-corrected chi connectivity index (χ3v) is 3.94. The van der Waals surface area contributed by atoms with Crippen molar-refractivity contribution in [2.24, 2.45) is 0 Å². The maximum absolute atomic E-state index is 4.39. The Bertz CT molecular complexity index is 485. The molecule has 0 spiro atoms. The number of hydrogen-bond donors (Lipinski definition) is 1. The highest BCUT2D eigenvalue weighted by atomic mass is 79.9. The molecule has 0 radical (unpaired) electrons. The van der Waals surface area contributed by atoms with Gasteiger partial charge in [0, 0.05) is 17.8 Å². The molecule has 1 atom stereocenters. The summed E-state index contributed by atoms with van der Waals surface area (Å²) < 4.78 is 0.993. The van der Waals surface area contributed by atoms with Crippen molar-refractivity contribution in [1.82, 2.24) is 9.97 Å². The zero-order valence-electron chi connectivity index (χ0n) is 9.77. The number of rotatable bonds is 4. The van der Waals surface area contributed by atoms with E-state index in [4.69, 9.17) is 0 Å². The van der Waals surface area contributed by atoms with E-state index >= 15 is 0 Å². The molecule has 0 amide bonds. The number of nitrogens with one attached hydrogen (secondary N) is 1.